The predicted molar refractivity (Wildman–Crippen MR) is 135 cm³/mol. The van der Waals surface area contributed by atoms with E-state index in [-0.39, 0.29) is 38.1 Å². The molecule has 1 aromatic rings. The van der Waals surface area contributed by atoms with E-state index in [0.29, 0.717) is 23.6 Å². The van der Waals surface area contributed by atoms with Gasteiger partial charge in [-0.3, -0.25) is 14.4 Å². The monoisotopic (exact) mass is 516 g/mol. The normalized spacial score (nSPS) is 32.3. The van der Waals surface area contributed by atoms with Crippen molar-refractivity contribution in [1.29, 1.82) is 0 Å². The van der Waals surface area contributed by atoms with Gasteiger partial charge in [0.1, 0.15) is 17.6 Å². The summed E-state index contributed by atoms with van der Waals surface area (Å²) in [4.78, 5) is 44.3. The van der Waals surface area contributed by atoms with Crippen LogP contribution in [0.5, 0.6) is 0 Å². The summed E-state index contributed by atoms with van der Waals surface area (Å²) in [6, 6.07) is 5.90. The average molecular weight is 517 g/mol. The van der Waals surface area contributed by atoms with Gasteiger partial charge >= 0.3 is 5.97 Å². The summed E-state index contributed by atoms with van der Waals surface area (Å²) in [5.41, 5.74) is -1.73. The number of rotatable bonds is 10. The number of carbonyl (C=O) groups excluding carboxylic acids is 3. The molecule has 0 saturated carbocycles. The van der Waals surface area contributed by atoms with Gasteiger partial charge in [-0.2, -0.15) is 0 Å². The minimum absolute atomic E-state index is 0.0649. The number of hydrogen-bond acceptors (Lipinski definition) is 6. The molecule has 6 atom stereocenters. The van der Waals surface area contributed by atoms with Gasteiger partial charge in [-0.25, -0.2) is 0 Å². The highest BCUT2D eigenvalue weighted by atomic mass is 35.5. The zero-order valence-corrected chi connectivity index (χ0v) is 21.4. The predicted octanol–water partition coefficient (Wildman–Crippen LogP) is 2.98. The van der Waals surface area contributed by atoms with Gasteiger partial charge in [-0.05, 0) is 37.8 Å². The number of amides is 2. The van der Waals surface area contributed by atoms with Crippen molar-refractivity contribution in [3.8, 4) is 0 Å². The van der Waals surface area contributed by atoms with Crippen LogP contribution in [0.25, 0.3) is 0 Å². The molecule has 8 nitrogen and oxygen atoms in total. The van der Waals surface area contributed by atoms with E-state index in [0.717, 1.165) is 0 Å². The molecule has 194 valence electrons. The van der Waals surface area contributed by atoms with Crippen molar-refractivity contribution in [2.75, 3.05) is 31.2 Å². The number of fused-ring (bicyclic) bond motifs is 1. The molecule has 3 aliphatic heterocycles. The lowest BCUT2D eigenvalue weighted by Gasteiger charge is -2.37. The van der Waals surface area contributed by atoms with Gasteiger partial charge in [0.25, 0.3) is 5.91 Å². The fraction of sp³-hybridized carbons (Fsp3) is 0.519. The van der Waals surface area contributed by atoms with E-state index in [9.17, 15) is 19.5 Å². The molecule has 4 rings (SSSR count). The molecule has 2 bridgehead atoms. The molecule has 1 aromatic carbocycles. The lowest BCUT2D eigenvalue weighted by atomic mass is 9.62. The maximum atomic E-state index is 14.3. The number of ether oxygens (including phenoxy) is 2. The molecule has 0 aromatic heterocycles. The molecular formula is C27H33ClN2O6. The topological polar surface area (TPSA) is 96.4 Å². The highest BCUT2D eigenvalue weighted by Crippen LogP contribution is 2.65. The number of β-amino-alcohol motifs (C(OH)–C–C–N with tert-alkyl or cyclic N) is 1. The summed E-state index contributed by atoms with van der Waals surface area (Å²) in [6.45, 7) is 11.1. The Morgan fingerprint density at radius 3 is 2.69 bits per heavy atom. The molecule has 2 amide bonds. The molecule has 0 aliphatic carbocycles. The molecule has 3 fully saturated rings. The second-order valence-corrected chi connectivity index (χ2v) is 10.3. The molecule has 9 heteroatoms. The molecule has 3 unspecified atom stereocenters. The van der Waals surface area contributed by atoms with Gasteiger partial charge in [0.2, 0.25) is 5.91 Å². The Bertz CT molecular complexity index is 1080. The second kappa shape index (κ2) is 10.00. The largest absolute Gasteiger partial charge is 0.465 e. The molecular weight excluding hydrogens is 484 g/mol. The van der Waals surface area contributed by atoms with E-state index >= 15 is 0 Å². The Balaban J connectivity index is 1.79. The van der Waals surface area contributed by atoms with Gasteiger partial charge in [0, 0.05) is 13.1 Å². The van der Waals surface area contributed by atoms with Crippen molar-refractivity contribution < 1.29 is 29.0 Å². The third-order valence-corrected chi connectivity index (χ3v) is 8.25. The zero-order chi connectivity index (χ0) is 26.3. The summed E-state index contributed by atoms with van der Waals surface area (Å²) in [5, 5.41) is 10.2. The van der Waals surface area contributed by atoms with Crippen LogP contribution < -0.4 is 4.90 Å². The molecule has 3 saturated heterocycles. The number of aliphatic hydroxyl groups is 1. The fourth-order valence-electron chi connectivity index (χ4n) is 6.31. The van der Waals surface area contributed by atoms with Crippen LogP contribution in [0.15, 0.2) is 49.6 Å². The van der Waals surface area contributed by atoms with E-state index < -0.39 is 41.0 Å². The van der Waals surface area contributed by atoms with Gasteiger partial charge in [0.15, 0.2) is 0 Å². The first kappa shape index (κ1) is 26.4. The number of esters is 1. The number of halogens is 1. The maximum absolute atomic E-state index is 14.3. The number of anilines is 1. The number of aliphatic hydroxyl groups excluding tert-OH is 1. The smallest absolute Gasteiger partial charge is 0.312 e. The first-order chi connectivity index (χ1) is 17.2. The third kappa shape index (κ3) is 3.86. The second-order valence-electron chi connectivity index (χ2n) is 9.89. The first-order valence-corrected chi connectivity index (χ1v) is 12.6. The van der Waals surface area contributed by atoms with Crippen LogP contribution in [0.2, 0.25) is 5.02 Å². The van der Waals surface area contributed by atoms with Gasteiger partial charge < -0.3 is 24.4 Å². The van der Waals surface area contributed by atoms with Crippen molar-refractivity contribution in [2.24, 2.45) is 17.8 Å². The summed E-state index contributed by atoms with van der Waals surface area (Å²) in [6.07, 6.45) is 4.14. The average Bonchev–Trinajstić information content (AvgIpc) is 3.35. The zero-order valence-electron chi connectivity index (χ0n) is 20.7. The van der Waals surface area contributed by atoms with Crippen molar-refractivity contribution in [1.82, 2.24) is 4.90 Å². The molecule has 1 spiro atoms. The summed E-state index contributed by atoms with van der Waals surface area (Å²) in [7, 11) is 0. The van der Waals surface area contributed by atoms with Crippen molar-refractivity contribution >= 4 is 35.1 Å². The number of likely N-dealkylation sites (tertiary alicyclic amines) is 1. The van der Waals surface area contributed by atoms with Gasteiger partial charge in [-0.1, -0.05) is 42.8 Å². The number of para-hydroxylation sites is 1. The quantitative estimate of drug-likeness (QED) is 0.292. The molecule has 3 heterocycles. The lowest BCUT2D eigenvalue weighted by molar-refractivity contribution is -0.161. The number of hydrogen-bond donors (Lipinski definition) is 1. The van der Waals surface area contributed by atoms with Crippen molar-refractivity contribution in [2.45, 2.75) is 43.9 Å². The number of benzene rings is 1. The summed E-state index contributed by atoms with van der Waals surface area (Å²) in [5.74, 6) is -3.18. The van der Waals surface area contributed by atoms with E-state index in [4.69, 9.17) is 21.1 Å². The Labute approximate surface area is 216 Å². The highest BCUT2D eigenvalue weighted by Gasteiger charge is 2.80. The van der Waals surface area contributed by atoms with E-state index in [1.165, 1.54) is 9.80 Å². The standard InChI is InChI=1S/C27H33ClN2O6/c1-5-7-15-35-25(34)21-20-23(32)30(13-14-31)22(27(20)16-17(3)26(21,4)36-27)24(33)29(12-6-2)19-11-9-8-10-18(19)28/h5-6,8-11,17,20-22,31H,1-2,7,12-16H2,3-4H3/t17?,20-,21-,22?,26+,27?/m0/s1. The summed E-state index contributed by atoms with van der Waals surface area (Å²) < 4.78 is 12.1. The van der Waals surface area contributed by atoms with Crippen molar-refractivity contribution in [3.05, 3.63) is 54.6 Å². The van der Waals surface area contributed by atoms with Crippen LogP contribution in [0.4, 0.5) is 5.69 Å². The van der Waals surface area contributed by atoms with Crippen LogP contribution in [0.1, 0.15) is 26.7 Å². The van der Waals surface area contributed by atoms with Crippen LogP contribution >= 0.6 is 11.6 Å². The van der Waals surface area contributed by atoms with Crippen LogP contribution in [0.3, 0.4) is 0 Å². The van der Waals surface area contributed by atoms with Crippen LogP contribution in [0, 0.1) is 17.8 Å². The number of carbonyl (C=O) groups is 3. The molecule has 1 N–H and O–H groups in total. The third-order valence-electron chi connectivity index (χ3n) is 7.93. The number of nitrogens with zero attached hydrogens (tertiary/aromatic N) is 2. The first-order valence-electron chi connectivity index (χ1n) is 12.2. The van der Waals surface area contributed by atoms with Crippen molar-refractivity contribution in [3.63, 3.8) is 0 Å². The van der Waals surface area contributed by atoms with Gasteiger partial charge in [0.05, 0.1) is 35.4 Å². The lowest BCUT2D eigenvalue weighted by Crippen LogP contribution is -2.57. The molecule has 36 heavy (non-hydrogen) atoms. The minimum Gasteiger partial charge on any atom is -0.465 e. The van der Waals surface area contributed by atoms with Crippen LogP contribution in [-0.2, 0) is 23.9 Å². The fourth-order valence-corrected chi connectivity index (χ4v) is 6.55. The van der Waals surface area contributed by atoms with Crippen LogP contribution in [-0.4, -0.2) is 71.3 Å². The van der Waals surface area contributed by atoms with E-state index in [2.05, 4.69) is 13.2 Å². The Morgan fingerprint density at radius 1 is 1.33 bits per heavy atom. The SMILES string of the molecule is C=CCCOC(=O)[C@@H]1[C@H]2C(=O)N(CCO)C(C(=O)N(CC=C)c3ccccc3Cl)C23CC(C)[C@@]1(C)O3. The Kier molecular flexibility index (Phi) is 7.33. The highest BCUT2D eigenvalue weighted by molar-refractivity contribution is 6.34. The van der Waals surface area contributed by atoms with E-state index in [1.54, 1.807) is 36.4 Å². The Hall–Kier alpha value is -2.68. The van der Waals surface area contributed by atoms with E-state index in [1.807, 2.05) is 13.8 Å². The maximum Gasteiger partial charge on any atom is 0.312 e. The Morgan fingerprint density at radius 2 is 2.06 bits per heavy atom. The summed E-state index contributed by atoms with van der Waals surface area (Å²) >= 11 is 6.44. The minimum atomic E-state index is -1.24. The van der Waals surface area contributed by atoms with Gasteiger partial charge in [-0.15, -0.1) is 13.2 Å². The molecule has 3 aliphatic rings. The molecule has 0 radical (unpaired) electrons.